The fraction of sp³-hybridized carbons (Fsp3) is 0.462. The number of morpholine rings is 1. The summed E-state index contributed by atoms with van der Waals surface area (Å²) in [4.78, 5) is 14.3. The van der Waals surface area contributed by atoms with Crippen molar-refractivity contribution in [2.45, 2.75) is 6.42 Å². The minimum Gasteiger partial charge on any atom is -0.379 e. The molecular formula is C13H15Cl2NO2. The summed E-state index contributed by atoms with van der Waals surface area (Å²) in [5.41, 5.74) is 0.550. The summed E-state index contributed by atoms with van der Waals surface area (Å²) in [7, 11) is 0. The Bertz CT molecular complexity index is 431. The number of Topliss-reactive ketones (excluding diaryl/α,β-unsaturated/α-hetero) is 1. The van der Waals surface area contributed by atoms with Crippen LogP contribution in [0.5, 0.6) is 0 Å². The Hall–Kier alpha value is -0.610. The van der Waals surface area contributed by atoms with Crippen LogP contribution in [0.15, 0.2) is 18.2 Å². The van der Waals surface area contributed by atoms with Gasteiger partial charge >= 0.3 is 0 Å². The van der Waals surface area contributed by atoms with Crippen LogP contribution in [0.25, 0.3) is 0 Å². The molecule has 5 heteroatoms. The van der Waals surface area contributed by atoms with Crippen molar-refractivity contribution < 1.29 is 9.53 Å². The van der Waals surface area contributed by atoms with Gasteiger partial charge in [-0.15, -0.1) is 0 Å². The Morgan fingerprint density at radius 1 is 1.28 bits per heavy atom. The molecular weight excluding hydrogens is 273 g/mol. The Kier molecular flexibility index (Phi) is 5.01. The molecule has 0 atom stereocenters. The first kappa shape index (κ1) is 13.8. The molecule has 1 fully saturated rings. The van der Waals surface area contributed by atoms with Crippen LogP contribution in [0.4, 0.5) is 0 Å². The number of nitrogens with zero attached hydrogens (tertiary/aromatic N) is 1. The molecule has 1 aromatic carbocycles. The monoisotopic (exact) mass is 287 g/mol. The van der Waals surface area contributed by atoms with Crippen molar-refractivity contribution in [3.63, 3.8) is 0 Å². The summed E-state index contributed by atoms with van der Waals surface area (Å²) in [6.45, 7) is 4.02. The van der Waals surface area contributed by atoms with Gasteiger partial charge < -0.3 is 4.74 Å². The van der Waals surface area contributed by atoms with Crippen LogP contribution in [0, 0.1) is 0 Å². The molecule has 0 aliphatic carbocycles. The molecule has 0 amide bonds. The quantitative estimate of drug-likeness (QED) is 0.798. The number of carbonyl (C=O) groups is 1. The van der Waals surface area contributed by atoms with Gasteiger partial charge in [-0.05, 0) is 18.2 Å². The largest absolute Gasteiger partial charge is 0.379 e. The van der Waals surface area contributed by atoms with Crippen molar-refractivity contribution in [3.05, 3.63) is 33.8 Å². The van der Waals surface area contributed by atoms with Gasteiger partial charge in [0.15, 0.2) is 5.78 Å². The van der Waals surface area contributed by atoms with Gasteiger partial charge in [-0.25, -0.2) is 0 Å². The van der Waals surface area contributed by atoms with E-state index in [2.05, 4.69) is 4.90 Å². The van der Waals surface area contributed by atoms with Gasteiger partial charge in [0.05, 0.1) is 18.2 Å². The normalized spacial score (nSPS) is 16.8. The molecule has 0 saturated carbocycles. The predicted octanol–water partition coefficient (Wildman–Crippen LogP) is 2.90. The van der Waals surface area contributed by atoms with Gasteiger partial charge in [0.25, 0.3) is 0 Å². The first-order chi connectivity index (χ1) is 8.66. The van der Waals surface area contributed by atoms with Crippen LogP contribution in [-0.2, 0) is 4.74 Å². The fourth-order valence-corrected chi connectivity index (χ4v) is 2.45. The molecule has 0 unspecified atom stereocenters. The van der Waals surface area contributed by atoms with Crippen molar-refractivity contribution >= 4 is 29.0 Å². The molecule has 98 valence electrons. The lowest BCUT2D eigenvalue weighted by Gasteiger charge is -2.26. The van der Waals surface area contributed by atoms with Crippen LogP contribution in [0.1, 0.15) is 16.8 Å². The van der Waals surface area contributed by atoms with Crippen molar-refractivity contribution in [1.82, 2.24) is 4.90 Å². The SMILES string of the molecule is O=C(CCN1CCOCC1)c1ccc(Cl)cc1Cl. The molecule has 3 nitrogen and oxygen atoms in total. The summed E-state index contributed by atoms with van der Waals surface area (Å²) < 4.78 is 5.26. The lowest BCUT2D eigenvalue weighted by Crippen LogP contribution is -2.37. The summed E-state index contributed by atoms with van der Waals surface area (Å²) in [6.07, 6.45) is 0.474. The van der Waals surface area contributed by atoms with E-state index < -0.39 is 0 Å². The average Bonchev–Trinajstić information content (AvgIpc) is 2.37. The molecule has 1 aliphatic heterocycles. The Morgan fingerprint density at radius 3 is 2.67 bits per heavy atom. The van der Waals surface area contributed by atoms with Crippen molar-refractivity contribution in [3.8, 4) is 0 Å². The van der Waals surface area contributed by atoms with E-state index in [0.717, 1.165) is 32.8 Å². The van der Waals surface area contributed by atoms with E-state index in [9.17, 15) is 4.79 Å². The number of carbonyl (C=O) groups excluding carboxylic acids is 1. The van der Waals surface area contributed by atoms with E-state index in [1.807, 2.05) is 0 Å². The third-order valence-corrected chi connectivity index (χ3v) is 3.54. The van der Waals surface area contributed by atoms with E-state index in [4.69, 9.17) is 27.9 Å². The fourth-order valence-electron chi connectivity index (χ4n) is 1.93. The van der Waals surface area contributed by atoms with E-state index in [1.54, 1.807) is 18.2 Å². The van der Waals surface area contributed by atoms with E-state index >= 15 is 0 Å². The zero-order chi connectivity index (χ0) is 13.0. The maximum absolute atomic E-state index is 12.0. The minimum absolute atomic E-state index is 0.0585. The standard InChI is InChI=1S/C13H15Cl2NO2/c14-10-1-2-11(12(15)9-10)13(17)3-4-16-5-7-18-8-6-16/h1-2,9H,3-8H2. The summed E-state index contributed by atoms with van der Waals surface area (Å²) in [6, 6.07) is 4.98. The number of hydrogen-bond donors (Lipinski definition) is 0. The highest BCUT2D eigenvalue weighted by Crippen LogP contribution is 2.22. The molecule has 1 aromatic rings. The van der Waals surface area contributed by atoms with E-state index in [1.165, 1.54) is 0 Å². The van der Waals surface area contributed by atoms with Gasteiger partial charge in [0.2, 0.25) is 0 Å². The van der Waals surface area contributed by atoms with Crippen LogP contribution in [0.2, 0.25) is 10.0 Å². The second-order valence-corrected chi connectivity index (χ2v) is 5.09. The first-order valence-corrected chi connectivity index (χ1v) is 6.71. The van der Waals surface area contributed by atoms with Gasteiger partial charge in [-0.1, -0.05) is 23.2 Å². The molecule has 18 heavy (non-hydrogen) atoms. The van der Waals surface area contributed by atoms with E-state index in [0.29, 0.717) is 22.0 Å². The lowest BCUT2D eigenvalue weighted by molar-refractivity contribution is 0.0370. The molecule has 0 radical (unpaired) electrons. The Balaban J connectivity index is 1.90. The zero-order valence-corrected chi connectivity index (χ0v) is 11.5. The third-order valence-electron chi connectivity index (χ3n) is 2.99. The van der Waals surface area contributed by atoms with Crippen molar-refractivity contribution in [2.24, 2.45) is 0 Å². The minimum atomic E-state index is 0.0585. The average molecular weight is 288 g/mol. The zero-order valence-electron chi connectivity index (χ0n) is 9.99. The third kappa shape index (κ3) is 3.69. The number of hydrogen-bond acceptors (Lipinski definition) is 3. The molecule has 1 aliphatic rings. The summed E-state index contributed by atoms with van der Waals surface area (Å²) >= 11 is 11.8. The molecule has 2 rings (SSSR count). The molecule has 0 bridgehead atoms. The molecule has 0 aromatic heterocycles. The van der Waals surface area contributed by atoms with E-state index in [-0.39, 0.29) is 5.78 Å². The van der Waals surface area contributed by atoms with Crippen LogP contribution < -0.4 is 0 Å². The van der Waals surface area contributed by atoms with Crippen LogP contribution in [0.3, 0.4) is 0 Å². The number of benzene rings is 1. The topological polar surface area (TPSA) is 29.5 Å². The molecule has 1 heterocycles. The second-order valence-electron chi connectivity index (χ2n) is 4.25. The highest BCUT2D eigenvalue weighted by Gasteiger charge is 2.14. The van der Waals surface area contributed by atoms with Crippen LogP contribution >= 0.6 is 23.2 Å². The Morgan fingerprint density at radius 2 is 2.00 bits per heavy atom. The smallest absolute Gasteiger partial charge is 0.165 e. The number of ether oxygens (including phenoxy) is 1. The predicted molar refractivity (Wildman–Crippen MR) is 72.7 cm³/mol. The van der Waals surface area contributed by atoms with Crippen LogP contribution in [-0.4, -0.2) is 43.5 Å². The number of halogens is 2. The Labute approximate surface area is 117 Å². The lowest BCUT2D eigenvalue weighted by atomic mass is 10.1. The van der Waals surface area contributed by atoms with Gasteiger partial charge in [0, 0.05) is 36.6 Å². The maximum atomic E-state index is 12.0. The second kappa shape index (κ2) is 6.53. The molecule has 0 N–H and O–H groups in total. The highest BCUT2D eigenvalue weighted by atomic mass is 35.5. The van der Waals surface area contributed by atoms with Gasteiger partial charge in [-0.2, -0.15) is 0 Å². The van der Waals surface area contributed by atoms with Gasteiger partial charge in [0.1, 0.15) is 0 Å². The summed E-state index contributed by atoms with van der Waals surface area (Å²) in [5, 5.41) is 0.971. The van der Waals surface area contributed by atoms with Crippen molar-refractivity contribution in [1.29, 1.82) is 0 Å². The highest BCUT2D eigenvalue weighted by molar-refractivity contribution is 6.36. The van der Waals surface area contributed by atoms with Crippen molar-refractivity contribution in [2.75, 3.05) is 32.8 Å². The number of ketones is 1. The summed E-state index contributed by atoms with van der Waals surface area (Å²) in [5.74, 6) is 0.0585. The molecule has 0 spiro atoms. The number of rotatable bonds is 4. The first-order valence-electron chi connectivity index (χ1n) is 5.95. The van der Waals surface area contributed by atoms with Gasteiger partial charge in [-0.3, -0.25) is 9.69 Å². The molecule has 1 saturated heterocycles. The maximum Gasteiger partial charge on any atom is 0.165 e.